The van der Waals surface area contributed by atoms with Crippen LogP contribution in [-0.4, -0.2) is 56.7 Å². The number of carbonyl (C=O) groups excluding carboxylic acids is 4. The number of nitrogens with two attached hydrogens (primary N) is 1. The first-order valence-corrected chi connectivity index (χ1v) is 17.3. The van der Waals surface area contributed by atoms with E-state index in [9.17, 15) is 23.2 Å². The van der Waals surface area contributed by atoms with Gasteiger partial charge in [0, 0.05) is 18.2 Å². The zero-order valence-corrected chi connectivity index (χ0v) is 30.7. The van der Waals surface area contributed by atoms with Crippen LogP contribution in [0, 0.1) is 11.3 Å². The fourth-order valence-electron chi connectivity index (χ4n) is 6.10. The zero-order chi connectivity index (χ0) is 38.2. The largest absolute Gasteiger partial charge is 0.463 e. The van der Waals surface area contributed by atoms with Crippen molar-refractivity contribution in [2.75, 3.05) is 6.61 Å². The molecule has 3 aromatic rings. The van der Waals surface area contributed by atoms with Crippen LogP contribution >= 0.6 is 11.6 Å². The lowest BCUT2D eigenvalue weighted by Crippen LogP contribution is -2.50. The van der Waals surface area contributed by atoms with E-state index in [2.05, 4.69) is 10.4 Å². The Labute approximate surface area is 305 Å². The number of alkyl halides is 2. The summed E-state index contributed by atoms with van der Waals surface area (Å²) in [6, 6.07) is 10.0. The summed E-state index contributed by atoms with van der Waals surface area (Å²) in [5, 5.41) is 6.46. The van der Waals surface area contributed by atoms with Crippen LogP contribution in [0.5, 0.6) is 0 Å². The van der Waals surface area contributed by atoms with Gasteiger partial charge in [-0.25, -0.2) is 14.5 Å². The maximum absolute atomic E-state index is 15.2. The third-order valence-electron chi connectivity index (χ3n) is 8.50. The number of ether oxygens (including phenoxy) is 2. The van der Waals surface area contributed by atoms with E-state index in [0.29, 0.717) is 26.9 Å². The van der Waals surface area contributed by atoms with Crippen LogP contribution in [0.4, 0.5) is 13.6 Å². The minimum atomic E-state index is -2.81. The number of aromatic nitrogens is 2. The Kier molecular flexibility index (Phi) is 10.8. The molecule has 3 N–H and O–H groups in total. The highest BCUT2D eigenvalue weighted by Gasteiger charge is 2.54. The van der Waals surface area contributed by atoms with Gasteiger partial charge in [-0.15, -0.1) is 0 Å². The van der Waals surface area contributed by atoms with E-state index in [1.54, 1.807) is 51.1 Å². The molecule has 2 heterocycles. The van der Waals surface area contributed by atoms with E-state index < -0.39 is 53.0 Å². The first-order chi connectivity index (χ1) is 24.3. The van der Waals surface area contributed by atoms with E-state index >= 15 is 4.79 Å². The topological polar surface area (TPSA) is 158 Å². The second-order valence-corrected chi connectivity index (χ2v) is 15.8. The minimum Gasteiger partial charge on any atom is -0.463 e. The van der Waals surface area contributed by atoms with Crippen LogP contribution in [0.3, 0.4) is 0 Å². The molecule has 2 atom stereocenters. The number of hydrogen-bond donors (Lipinski definition) is 2. The number of alkyl carbamates (subject to hydrolysis) is 1. The summed E-state index contributed by atoms with van der Waals surface area (Å²) in [4.78, 5) is 60.0. The SMILES string of the molecule is CC(C)(C)C[C@]1(c2ccc(-c3cnn(C(F)F)c3)cc2)N=C(NC(=O)OC(C)(C)C)N([C@H](COC(=O)CC2CC2)c2ccc(Cl)c(C(N)=O)c2)C1=O. The number of aliphatic imine (C=N–C) groups is 1. The number of esters is 1. The lowest BCUT2D eigenvalue weighted by Gasteiger charge is -2.35. The van der Waals surface area contributed by atoms with Crippen molar-refractivity contribution >= 4 is 41.4 Å². The summed E-state index contributed by atoms with van der Waals surface area (Å²) in [5.41, 5.74) is 4.34. The number of halogens is 3. The van der Waals surface area contributed by atoms with Gasteiger partial charge in [0.05, 0.1) is 22.8 Å². The van der Waals surface area contributed by atoms with Gasteiger partial charge < -0.3 is 15.2 Å². The van der Waals surface area contributed by atoms with E-state index in [0.717, 1.165) is 12.8 Å². The van der Waals surface area contributed by atoms with Crippen LogP contribution in [-0.2, 0) is 24.6 Å². The molecule has 2 aliphatic rings. The number of amides is 3. The molecule has 3 amide bonds. The first kappa shape index (κ1) is 38.4. The predicted molar refractivity (Wildman–Crippen MR) is 189 cm³/mol. The quantitative estimate of drug-likeness (QED) is 0.198. The lowest BCUT2D eigenvalue weighted by molar-refractivity contribution is -0.148. The van der Waals surface area contributed by atoms with E-state index in [4.69, 9.17) is 31.8 Å². The highest BCUT2D eigenvalue weighted by atomic mass is 35.5. The summed E-state index contributed by atoms with van der Waals surface area (Å²) < 4.78 is 38.3. The van der Waals surface area contributed by atoms with Gasteiger partial charge in [-0.1, -0.05) is 62.7 Å². The van der Waals surface area contributed by atoms with Gasteiger partial charge in [-0.05, 0) is 80.2 Å². The zero-order valence-electron chi connectivity index (χ0n) is 29.9. The molecule has 15 heteroatoms. The summed E-state index contributed by atoms with van der Waals surface area (Å²) in [7, 11) is 0. The fraction of sp³-hybridized carbons (Fsp3) is 0.459. The molecule has 1 aliphatic carbocycles. The molecule has 5 rings (SSSR count). The van der Waals surface area contributed by atoms with Crippen LogP contribution in [0.15, 0.2) is 59.9 Å². The third-order valence-corrected chi connectivity index (χ3v) is 8.83. The third kappa shape index (κ3) is 8.95. The van der Waals surface area contributed by atoms with Crippen LogP contribution in [0.2, 0.25) is 5.02 Å². The van der Waals surface area contributed by atoms with Crippen LogP contribution in [0.25, 0.3) is 11.1 Å². The minimum absolute atomic E-state index is 0.0228. The number of rotatable bonds is 11. The van der Waals surface area contributed by atoms with Crippen LogP contribution in [0.1, 0.15) is 101 Å². The van der Waals surface area contributed by atoms with Crippen molar-refractivity contribution in [1.29, 1.82) is 0 Å². The normalized spacial score (nSPS) is 18.3. The van der Waals surface area contributed by atoms with Gasteiger partial charge in [0.15, 0.2) is 5.54 Å². The molecule has 0 saturated heterocycles. The van der Waals surface area contributed by atoms with Gasteiger partial charge in [0.2, 0.25) is 11.9 Å². The summed E-state index contributed by atoms with van der Waals surface area (Å²) in [6.45, 7) is 7.69. The Balaban J connectivity index is 1.65. The predicted octanol–water partition coefficient (Wildman–Crippen LogP) is 7.14. The van der Waals surface area contributed by atoms with Crippen molar-refractivity contribution in [3.05, 3.63) is 76.6 Å². The van der Waals surface area contributed by atoms with E-state index in [1.165, 1.54) is 29.4 Å². The van der Waals surface area contributed by atoms with Gasteiger partial charge >= 0.3 is 18.6 Å². The molecule has 0 bridgehead atoms. The lowest BCUT2D eigenvalue weighted by atomic mass is 9.75. The maximum Gasteiger partial charge on any atom is 0.414 e. The number of primary amides is 1. The molecule has 0 radical (unpaired) electrons. The average Bonchev–Trinajstić information content (AvgIpc) is 3.62. The van der Waals surface area contributed by atoms with Crippen molar-refractivity contribution in [3.63, 3.8) is 0 Å². The van der Waals surface area contributed by atoms with E-state index in [-0.39, 0.29) is 41.9 Å². The van der Waals surface area contributed by atoms with Crippen molar-refractivity contribution in [2.24, 2.45) is 22.1 Å². The molecule has 0 unspecified atom stereocenters. The summed E-state index contributed by atoms with van der Waals surface area (Å²) >= 11 is 6.30. The van der Waals surface area contributed by atoms with Crippen molar-refractivity contribution < 1.29 is 37.4 Å². The molecule has 1 aromatic heterocycles. The number of hydrogen-bond acceptors (Lipinski definition) is 8. The number of nitrogens with one attached hydrogen (secondary N) is 1. The molecule has 278 valence electrons. The molecule has 0 spiro atoms. The highest BCUT2D eigenvalue weighted by Crippen LogP contribution is 2.46. The number of guanidine groups is 1. The number of benzene rings is 2. The molecule has 52 heavy (non-hydrogen) atoms. The van der Waals surface area contributed by atoms with Gasteiger partial charge in [0.25, 0.3) is 5.91 Å². The molecule has 12 nitrogen and oxygen atoms in total. The second-order valence-electron chi connectivity index (χ2n) is 15.3. The molecular weight excluding hydrogens is 698 g/mol. The molecule has 1 aliphatic heterocycles. The van der Waals surface area contributed by atoms with E-state index in [1.807, 2.05) is 20.8 Å². The Hall–Kier alpha value is -4.85. The Morgan fingerprint density at radius 1 is 1.06 bits per heavy atom. The standard InChI is InChI=1S/C37H43ClF2N6O6/c1-35(2,3)20-37(25-12-9-22(10-13-25)24-17-42-45(18-24)32(39)40)31(49)46(33(44-37)43-34(50)52-36(4,5)6)28(19-51-29(47)15-21-7-8-21)23-11-14-27(38)26(16-23)30(41)48/h9-14,16-18,21,28,32H,7-8,15,19-20H2,1-6H3,(H2,41,48)(H,43,44,50)/t28-,37-/m1/s1. The highest BCUT2D eigenvalue weighted by molar-refractivity contribution is 6.33. The van der Waals surface area contributed by atoms with Crippen molar-refractivity contribution in [1.82, 2.24) is 20.0 Å². The molecular formula is C37H43ClF2N6O6. The molecule has 1 fully saturated rings. The van der Waals surface area contributed by atoms with Gasteiger partial charge in [-0.3, -0.25) is 24.6 Å². The molecule has 2 aromatic carbocycles. The average molecular weight is 741 g/mol. The molecule has 1 saturated carbocycles. The smallest absolute Gasteiger partial charge is 0.414 e. The second kappa shape index (κ2) is 14.6. The fourth-order valence-corrected chi connectivity index (χ4v) is 6.31. The van der Waals surface area contributed by atoms with Gasteiger partial charge in [0.1, 0.15) is 12.2 Å². The Bertz CT molecular complexity index is 1880. The van der Waals surface area contributed by atoms with Crippen molar-refractivity contribution in [3.8, 4) is 11.1 Å². The van der Waals surface area contributed by atoms with Gasteiger partial charge in [-0.2, -0.15) is 13.9 Å². The number of nitrogens with zero attached hydrogens (tertiary/aromatic N) is 4. The Morgan fingerprint density at radius 2 is 1.73 bits per heavy atom. The maximum atomic E-state index is 15.2. The Morgan fingerprint density at radius 3 is 2.29 bits per heavy atom. The monoisotopic (exact) mass is 740 g/mol. The van der Waals surface area contributed by atoms with Crippen LogP contribution < -0.4 is 11.1 Å². The first-order valence-electron chi connectivity index (χ1n) is 16.9. The summed E-state index contributed by atoms with van der Waals surface area (Å²) in [6.07, 6.45) is 3.84. The van der Waals surface area contributed by atoms with Crippen molar-refractivity contribution in [2.45, 2.75) is 91.0 Å². The summed E-state index contributed by atoms with van der Waals surface area (Å²) in [5.74, 6) is -1.79. The number of carbonyl (C=O) groups is 4.